The van der Waals surface area contributed by atoms with E-state index in [0.29, 0.717) is 0 Å². The van der Waals surface area contributed by atoms with E-state index in [4.69, 9.17) is 47.4 Å². The highest BCUT2D eigenvalue weighted by atomic mass is 32.2. The molecule has 0 bridgehead atoms. The van der Waals surface area contributed by atoms with Gasteiger partial charge in [0.05, 0.1) is 56.3 Å². The van der Waals surface area contributed by atoms with Crippen molar-refractivity contribution in [2.75, 3.05) is 13.2 Å². The van der Waals surface area contributed by atoms with E-state index in [2.05, 4.69) is 0 Å². The van der Waals surface area contributed by atoms with Crippen molar-refractivity contribution in [2.24, 2.45) is 0 Å². The Morgan fingerprint density at radius 2 is 0.807 bits per heavy atom. The number of ether oxygens (including phenoxy) is 10. The van der Waals surface area contributed by atoms with Crippen LogP contribution in [0.2, 0.25) is 0 Å². The van der Waals surface area contributed by atoms with Crippen LogP contribution in [0.3, 0.4) is 0 Å². The Morgan fingerprint density at radius 1 is 0.386 bits per heavy atom. The average Bonchev–Trinajstić information content (AvgIpc) is 3.73. The number of carbonyl (C=O) groups excluding carboxylic acids is 3. The molecule has 8 aromatic carbocycles. The van der Waals surface area contributed by atoms with Crippen molar-refractivity contribution in [3.8, 4) is 0 Å². The standard InChI is InChI=1S/C68H64O14S/c69-58-56(45-73-40-47-24-8-1-9-25-47)79-67(78-44-51-32-16-5-17-33-51)62(82-64(70)52-34-18-6-19-35-52)60(58)81-66(72)55-39-23-22-38-54(55)65(71)77-46-57-59(74-41-48-26-10-2-11-27-48)61(75-42-49-28-12-3-13-29-49)63(76-43-50-30-14-4-15-31-50)68(80-57)83-53-36-20-7-21-37-53/h1-39,56-63,67-69H,40-46H2/t56-,57-,58-,59-,60+,61+,62-,63+,67+,68-/m1/s1. The van der Waals surface area contributed by atoms with Crippen molar-refractivity contribution in [3.63, 3.8) is 0 Å². The summed E-state index contributed by atoms with van der Waals surface area (Å²) in [5.74, 6) is -2.69. The van der Waals surface area contributed by atoms with Crippen LogP contribution in [0.25, 0.3) is 0 Å². The molecule has 2 heterocycles. The van der Waals surface area contributed by atoms with Gasteiger partial charge in [0, 0.05) is 4.90 Å². The van der Waals surface area contributed by atoms with E-state index in [1.165, 1.54) is 23.9 Å². The van der Waals surface area contributed by atoms with Crippen molar-refractivity contribution in [3.05, 3.63) is 281 Å². The summed E-state index contributed by atoms with van der Waals surface area (Å²) in [4.78, 5) is 44.3. The maximum Gasteiger partial charge on any atom is 0.339 e. The monoisotopic (exact) mass is 1140 g/mol. The first-order valence-corrected chi connectivity index (χ1v) is 28.4. The Kier molecular flexibility index (Phi) is 21.1. The number of hydrogen-bond acceptors (Lipinski definition) is 15. The Hall–Kier alpha value is -7.80. The fourth-order valence-corrected chi connectivity index (χ4v) is 10.8. The molecule has 0 aromatic heterocycles. The summed E-state index contributed by atoms with van der Waals surface area (Å²) >= 11 is 1.45. The summed E-state index contributed by atoms with van der Waals surface area (Å²) in [5, 5.41) is 12.2. The predicted octanol–water partition coefficient (Wildman–Crippen LogP) is 11.4. The Labute approximate surface area is 487 Å². The summed E-state index contributed by atoms with van der Waals surface area (Å²) < 4.78 is 64.9. The highest BCUT2D eigenvalue weighted by molar-refractivity contribution is 7.99. The van der Waals surface area contributed by atoms with E-state index in [1.54, 1.807) is 42.5 Å². The van der Waals surface area contributed by atoms with E-state index >= 15 is 0 Å². The fourth-order valence-electron chi connectivity index (χ4n) is 9.68. The summed E-state index contributed by atoms with van der Waals surface area (Å²) in [5.41, 5.74) is 3.58. The number of rotatable bonds is 25. The first-order valence-electron chi connectivity index (χ1n) is 27.5. The number of benzene rings is 8. The van der Waals surface area contributed by atoms with Crippen molar-refractivity contribution >= 4 is 29.7 Å². The number of thioether (sulfide) groups is 1. The third-order valence-corrected chi connectivity index (χ3v) is 15.1. The maximum atomic E-state index is 14.8. The van der Waals surface area contributed by atoms with Gasteiger partial charge in [0.2, 0.25) is 0 Å². The van der Waals surface area contributed by atoms with Crippen molar-refractivity contribution in [1.82, 2.24) is 0 Å². The van der Waals surface area contributed by atoms with Gasteiger partial charge in [-0.2, -0.15) is 0 Å². The molecular formula is C68H64O14S. The average molecular weight is 1140 g/mol. The molecule has 426 valence electrons. The SMILES string of the molecule is O=C(O[C@H]1[C@@H](OCc2ccccc2)O[C@H](COCc2ccccc2)[C@@H](O)[C@@H]1OC(=O)c1ccccc1C(=O)OC[C@H]1O[C@H](Sc2ccccc2)[C@@H](OCc2ccccc2)[C@@H](OCc2ccccc2)[C@@H]1OCc1ccccc1)c1ccccc1. The number of carbonyl (C=O) groups is 3. The summed E-state index contributed by atoms with van der Waals surface area (Å²) in [7, 11) is 0. The minimum atomic E-state index is -1.63. The number of aliphatic hydroxyl groups is 1. The van der Waals surface area contributed by atoms with Crippen molar-refractivity contribution in [1.29, 1.82) is 0 Å². The molecule has 0 aliphatic carbocycles. The number of hydrogen-bond donors (Lipinski definition) is 1. The number of aliphatic hydroxyl groups excluding tert-OH is 1. The predicted molar refractivity (Wildman–Crippen MR) is 310 cm³/mol. The zero-order valence-corrected chi connectivity index (χ0v) is 46.2. The highest BCUT2D eigenvalue weighted by Gasteiger charge is 2.52. The normalized spacial score (nSPS) is 22.2. The lowest BCUT2D eigenvalue weighted by Gasteiger charge is -2.45. The molecule has 15 heteroatoms. The maximum absolute atomic E-state index is 14.8. The molecule has 0 amide bonds. The molecule has 2 fully saturated rings. The van der Waals surface area contributed by atoms with Gasteiger partial charge in [0.15, 0.2) is 18.5 Å². The van der Waals surface area contributed by atoms with E-state index in [1.807, 2.05) is 182 Å². The molecule has 0 saturated carbocycles. The van der Waals surface area contributed by atoms with E-state index < -0.39 is 78.5 Å². The molecule has 8 aromatic rings. The van der Waals surface area contributed by atoms with Gasteiger partial charge in [-0.3, -0.25) is 0 Å². The Bertz CT molecular complexity index is 3240. The van der Waals surface area contributed by atoms with E-state index in [9.17, 15) is 19.5 Å². The van der Waals surface area contributed by atoms with Gasteiger partial charge >= 0.3 is 17.9 Å². The molecule has 2 aliphatic rings. The molecule has 0 unspecified atom stereocenters. The van der Waals surface area contributed by atoms with Crippen LogP contribution in [0.15, 0.2) is 241 Å². The zero-order chi connectivity index (χ0) is 57.0. The van der Waals surface area contributed by atoms with Gasteiger partial charge in [-0.15, -0.1) is 0 Å². The minimum Gasteiger partial charge on any atom is -0.459 e. The summed E-state index contributed by atoms with van der Waals surface area (Å²) in [6, 6.07) is 72.1. The fraction of sp³-hybridized carbons (Fsp3) is 0.250. The lowest BCUT2D eigenvalue weighted by atomic mass is 9.98. The van der Waals surface area contributed by atoms with E-state index in [-0.39, 0.29) is 62.9 Å². The molecule has 10 atom stereocenters. The first kappa shape index (κ1) is 58.4. The summed E-state index contributed by atoms with van der Waals surface area (Å²) in [6.45, 7) is 0.294. The Morgan fingerprint density at radius 3 is 1.34 bits per heavy atom. The largest absolute Gasteiger partial charge is 0.459 e. The van der Waals surface area contributed by atoms with E-state index in [0.717, 1.165) is 32.7 Å². The molecule has 10 rings (SSSR count). The van der Waals surface area contributed by atoms with Gasteiger partial charge in [-0.25, -0.2) is 14.4 Å². The lowest BCUT2D eigenvalue weighted by molar-refractivity contribution is -0.304. The lowest BCUT2D eigenvalue weighted by Crippen LogP contribution is -2.62. The van der Waals surface area contributed by atoms with Crippen LogP contribution in [-0.2, 0) is 80.4 Å². The molecule has 0 spiro atoms. The molecule has 1 N–H and O–H groups in total. The minimum absolute atomic E-state index is 0.00371. The smallest absolute Gasteiger partial charge is 0.339 e. The topological polar surface area (TPSA) is 164 Å². The van der Waals surface area contributed by atoms with Crippen LogP contribution in [0.4, 0.5) is 0 Å². The van der Waals surface area contributed by atoms with Crippen LogP contribution in [0.5, 0.6) is 0 Å². The molecule has 2 aliphatic heterocycles. The van der Waals surface area contributed by atoms with Gasteiger partial charge < -0.3 is 52.5 Å². The molecule has 2 saturated heterocycles. The van der Waals surface area contributed by atoms with Crippen LogP contribution >= 0.6 is 11.8 Å². The second kappa shape index (κ2) is 30.0. The van der Waals surface area contributed by atoms with Gasteiger partial charge in [-0.05, 0) is 64.2 Å². The van der Waals surface area contributed by atoms with Crippen molar-refractivity contribution in [2.45, 2.75) is 98.5 Å². The molecular weight excluding hydrogens is 1070 g/mol. The highest BCUT2D eigenvalue weighted by Crippen LogP contribution is 2.39. The zero-order valence-electron chi connectivity index (χ0n) is 45.4. The first-order chi connectivity index (χ1) is 40.8. The van der Waals surface area contributed by atoms with Crippen LogP contribution in [-0.4, -0.2) is 96.8 Å². The summed E-state index contributed by atoms with van der Waals surface area (Å²) in [6.07, 6.45) is -10.6. The Balaban J connectivity index is 0.933. The van der Waals surface area contributed by atoms with Gasteiger partial charge in [0.25, 0.3) is 0 Å². The van der Waals surface area contributed by atoms with Crippen LogP contribution < -0.4 is 0 Å². The second-order valence-electron chi connectivity index (χ2n) is 19.8. The molecule has 83 heavy (non-hydrogen) atoms. The van der Waals surface area contributed by atoms with Crippen LogP contribution in [0.1, 0.15) is 58.9 Å². The second-order valence-corrected chi connectivity index (χ2v) is 21.0. The third kappa shape index (κ3) is 16.3. The number of esters is 3. The van der Waals surface area contributed by atoms with Crippen molar-refractivity contribution < 1.29 is 66.9 Å². The quantitative estimate of drug-likeness (QED) is 0.0424. The van der Waals surface area contributed by atoms with Gasteiger partial charge in [0.1, 0.15) is 48.7 Å². The van der Waals surface area contributed by atoms with Gasteiger partial charge in [-0.1, -0.05) is 212 Å². The van der Waals surface area contributed by atoms with Crippen LogP contribution in [0, 0.1) is 0 Å². The third-order valence-electron chi connectivity index (χ3n) is 14.0. The molecule has 14 nitrogen and oxygen atoms in total. The molecule has 0 radical (unpaired) electrons.